The molecule has 0 aliphatic carbocycles. The number of hydrogen-bond donors (Lipinski definition) is 1. The van der Waals surface area contributed by atoms with E-state index in [2.05, 4.69) is 5.32 Å². The Morgan fingerprint density at radius 2 is 1.78 bits per heavy atom. The van der Waals surface area contributed by atoms with Gasteiger partial charge in [-0.25, -0.2) is 18.4 Å². The number of nitrogens with zero attached hydrogens (tertiary/aromatic N) is 3. The molecule has 238 valence electrons. The summed E-state index contributed by atoms with van der Waals surface area (Å²) in [6.07, 6.45) is -1.37. The number of benzene rings is 2. The van der Waals surface area contributed by atoms with Crippen LogP contribution in [0.25, 0.3) is 21.2 Å². The number of amides is 3. The fourth-order valence-corrected chi connectivity index (χ4v) is 6.63. The van der Waals surface area contributed by atoms with Crippen molar-refractivity contribution >= 4 is 56.1 Å². The molecular formula is C31H31ClF2N4O6S. The van der Waals surface area contributed by atoms with Crippen LogP contribution in [-0.2, 0) is 9.47 Å². The van der Waals surface area contributed by atoms with Crippen molar-refractivity contribution in [3.05, 3.63) is 46.0 Å². The second-order valence-corrected chi connectivity index (χ2v) is 14.1. The second-order valence-electron chi connectivity index (χ2n) is 12.7. The number of fused-ring (bicyclic) bond motifs is 3. The predicted molar refractivity (Wildman–Crippen MR) is 165 cm³/mol. The Balaban J connectivity index is 1.54. The zero-order valence-electron chi connectivity index (χ0n) is 25.5. The van der Waals surface area contributed by atoms with E-state index in [0.29, 0.717) is 0 Å². The summed E-state index contributed by atoms with van der Waals surface area (Å²) in [6, 6.07) is 4.81. The average Bonchev–Trinajstić information content (AvgIpc) is 3.22. The smallest absolute Gasteiger partial charge is 0.412 e. The van der Waals surface area contributed by atoms with Gasteiger partial charge in [-0.2, -0.15) is 5.26 Å². The molecule has 1 unspecified atom stereocenters. The van der Waals surface area contributed by atoms with Crippen LogP contribution in [0.5, 0.6) is 5.75 Å². The molecule has 0 radical (unpaired) electrons. The minimum atomic E-state index is -0.897. The minimum Gasteiger partial charge on any atom is -0.489 e. The summed E-state index contributed by atoms with van der Waals surface area (Å²) >= 11 is 7.56. The van der Waals surface area contributed by atoms with Gasteiger partial charge in [-0.1, -0.05) is 17.7 Å². The molecule has 0 spiro atoms. The third-order valence-electron chi connectivity index (χ3n) is 7.01. The SMILES string of the molecule is CC(C)(C)OC(=O)Nc1sc2c(F)ccc(-c3c(F)cc4c(c3Cl)OCC3CN(C(=O)OC(C)(C)C)CCN3C4=O)c2c1C#N. The number of carbonyl (C=O) groups excluding carboxylic acids is 3. The highest BCUT2D eigenvalue weighted by molar-refractivity contribution is 7.23. The second kappa shape index (κ2) is 11.7. The van der Waals surface area contributed by atoms with Crippen LogP contribution in [0.1, 0.15) is 57.5 Å². The zero-order chi connectivity index (χ0) is 33.0. The van der Waals surface area contributed by atoms with Crippen LogP contribution >= 0.6 is 22.9 Å². The molecule has 2 aliphatic rings. The van der Waals surface area contributed by atoms with Crippen LogP contribution < -0.4 is 10.1 Å². The molecule has 45 heavy (non-hydrogen) atoms. The van der Waals surface area contributed by atoms with Gasteiger partial charge in [-0.15, -0.1) is 11.3 Å². The first-order chi connectivity index (χ1) is 21.0. The van der Waals surface area contributed by atoms with Gasteiger partial charge in [0.2, 0.25) is 0 Å². The van der Waals surface area contributed by atoms with Gasteiger partial charge in [-0.3, -0.25) is 10.1 Å². The van der Waals surface area contributed by atoms with Gasteiger partial charge in [0.15, 0.2) is 5.75 Å². The average molecular weight is 661 g/mol. The summed E-state index contributed by atoms with van der Waals surface area (Å²) in [5.41, 5.74) is -1.89. The van der Waals surface area contributed by atoms with Crippen LogP contribution in [0.3, 0.4) is 0 Å². The largest absolute Gasteiger partial charge is 0.489 e. The molecule has 3 amide bonds. The highest BCUT2D eigenvalue weighted by atomic mass is 35.5. The maximum Gasteiger partial charge on any atom is 0.412 e. The molecule has 5 rings (SSSR count). The monoisotopic (exact) mass is 660 g/mol. The lowest BCUT2D eigenvalue weighted by atomic mass is 9.96. The molecule has 2 aliphatic heterocycles. The van der Waals surface area contributed by atoms with E-state index in [9.17, 15) is 19.6 Å². The van der Waals surface area contributed by atoms with Crippen molar-refractivity contribution in [2.24, 2.45) is 0 Å². The van der Waals surface area contributed by atoms with Crippen molar-refractivity contribution in [1.82, 2.24) is 9.80 Å². The van der Waals surface area contributed by atoms with Crippen LogP contribution in [0.4, 0.5) is 23.4 Å². The Labute approximate surface area is 267 Å². The number of nitrogens with one attached hydrogen (secondary N) is 1. The lowest BCUT2D eigenvalue weighted by molar-refractivity contribution is 0.000946. The number of rotatable bonds is 2. The summed E-state index contributed by atoms with van der Waals surface area (Å²) in [4.78, 5) is 41.8. The maximum atomic E-state index is 16.0. The molecule has 1 saturated heterocycles. The van der Waals surface area contributed by atoms with Crippen molar-refractivity contribution in [3.63, 3.8) is 0 Å². The topological polar surface area (TPSA) is 121 Å². The summed E-state index contributed by atoms with van der Waals surface area (Å²) in [6.45, 7) is 10.7. The minimum absolute atomic E-state index is 0.0113. The number of anilines is 1. The predicted octanol–water partition coefficient (Wildman–Crippen LogP) is 7.17. The Hall–Kier alpha value is -4.15. The lowest BCUT2D eigenvalue weighted by Crippen LogP contribution is -2.58. The number of piperazine rings is 1. The van der Waals surface area contributed by atoms with E-state index >= 15 is 8.78 Å². The molecule has 0 bridgehead atoms. The summed E-state index contributed by atoms with van der Waals surface area (Å²) in [5.74, 6) is -2.19. The van der Waals surface area contributed by atoms with E-state index in [1.807, 2.05) is 6.07 Å². The molecule has 1 N–H and O–H groups in total. The number of ether oxygens (including phenoxy) is 3. The number of thiophene rings is 1. The van der Waals surface area contributed by atoms with Crippen molar-refractivity contribution < 1.29 is 37.4 Å². The number of carbonyl (C=O) groups is 3. The van der Waals surface area contributed by atoms with E-state index in [0.717, 1.165) is 23.5 Å². The molecule has 3 aromatic rings. The quantitative estimate of drug-likeness (QED) is 0.309. The molecule has 1 fully saturated rings. The van der Waals surface area contributed by atoms with E-state index in [-0.39, 0.29) is 74.4 Å². The third-order valence-corrected chi connectivity index (χ3v) is 8.48. The number of halogens is 3. The lowest BCUT2D eigenvalue weighted by Gasteiger charge is -2.40. The van der Waals surface area contributed by atoms with Gasteiger partial charge in [0, 0.05) is 30.6 Å². The molecule has 14 heteroatoms. The van der Waals surface area contributed by atoms with Crippen LogP contribution in [0, 0.1) is 23.0 Å². The first-order valence-electron chi connectivity index (χ1n) is 14.1. The first-order valence-corrected chi connectivity index (χ1v) is 15.3. The molecule has 3 heterocycles. The summed E-state index contributed by atoms with van der Waals surface area (Å²) in [7, 11) is 0. The van der Waals surface area contributed by atoms with Crippen molar-refractivity contribution in [2.75, 3.05) is 31.6 Å². The van der Waals surface area contributed by atoms with Gasteiger partial charge in [0.25, 0.3) is 5.91 Å². The van der Waals surface area contributed by atoms with Gasteiger partial charge in [0.1, 0.15) is 40.5 Å². The van der Waals surface area contributed by atoms with Crippen LogP contribution in [0.15, 0.2) is 18.2 Å². The Morgan fingerprint density at radius 3 is 2.42 bits per heavy atom. The summed E-state index contributed by atoms with van der Waals surface area (Å²) < 4.78 is 47.8. The van der Waals surface area contributed by atoms with E-state index in [1.165, 1.54) is 15.9 Å². The van der Waals surface area contributed by atoms with E-state index in [4.69, 9.17) is 25.8 Å². The van der Waals surface area contributed by atoms with Gasteiger partial charge in [0.05, 0.1) is 26.9 Å². The van der Waals surface area contributed by atoms with Crippen LogP contribution in [-0.4, -0.2) is 71.4 Å². The summed E-state index contributed by atoms with van der Waals surface area (Å²) in [5, 5.41) is 12.3. The molecular weight excluding hydrogens is 630 g/mol. The van der Waals surface area contributed by atoms with Crippen molar-refractivity contribution in [2.45, 2.75) is 58.8 Å². The molecule has 2 aromatic carbocycles. The van der Waals surface area contributed by atoms with E-state index < -0.39 is 47.0 Å². The third kappa shape index (κ3) is 6.35. The number of hydrogen-bond acceptors (Lipinski definition) is 8. The highest BCUT2D eigenvalue weighted by Gasteiger charge is 2.40. The molecule has 10 nitrogen and oxygen atoms in total. The number of nitriles is 1. The normalized spacial score (nSPS) is 16.7. The highest BCUT2D eigenvalue weighted by Crippen LogP contribution is 2.48. The molecule has 1 atom stereocenters. The first kappa shape index (κ1) is 32.2. The Bertz CT molecular complexity index is 1770. The molecule has 1 aromatic heterocycles. The fourth-order valence-electron chi connectivity index (χ4n) is 5.21. The maximum absolute atomic E-state index is 16.0. The molecule has 0 saturated carbocycles. The van der Waals surface area contributed by atoms with Gasteiger partial charge >= 0.3 is 12.2 Å². The fraction of sp³-hybridized carbons (Fsp3) is 0.419. The standard InChI is InChI=1S/C31H31ClF2N4O6S/c1-30(2,3)43-28(40)36-26-18(12-35)21-16(7-8-19(33)25(21)45-26)22-20(34)11-17-24(23(22)32)42-14-15-13-37(9-10-38(15)27(17)39)29(41)44-31(4,5)6/h7-8,11,15H,9-10,13-14H2,1-6H3,(H,36,40). The van der Waals surface area contributed by atoms with Crippen LogP contribution in [0.2, 0.25) is 5.02 Å². The zero-order valence-corrected chi connectivity index (χ0v) is 27.0. The van der Waals surface area contributed by atoms with Crippen molar-refractivity contribution in [1.29, 1.82) is 5.26 Å². The van der Waals surface area contributed by atoms with Crippen molar-refractivity contribution in [3.8, 4) is 22.9 Å². The Kier molecular flexibility index (Phi) is 8.35. The Morgan fingerprint density at radius 1 is 1.09 bits per heavy atom. The van der Waals surface area contributed by atoms with Gasteiger partial charge < -0.3 is 24.0 Å². The van der Waals surface area contributed by atoms with Gasteiger partial charge in [-0.05, 0) is 59.2 Å². The van der Waals surface area contributed by atoms with E-state index in [1.54, 1.807) is 41.5 Å².